The molecule has 0 radical (unpaired) electrons. The first kappa shape index (κ1) is 19.9. The van der Waals surface area contributed by atoms with Crippen LogP contribution >= 0.6 is 0 Å². The zero-order valence-corrected chi connectivity index (χ0v) is 13.0. The fraction of sp³-hybridized carbons (Fsp3) is 1.00. The van der Waals surface area contributed by atoms with E-state index in [0.29, 0.717) is 0 Å². The van der Waals surface area contributed by atoms with Crippen molar-refractivity contribution < 1.29 is 54.7 Å². The lowest BCUT2D eigenvalue weighted by molar-refractivity contribution is -0.356. The second kappa shape index (κ2) is 8.29. The summed E-state index contributed by atoms with van der Waals surface area (Å²) in [4.78, 5) is 0. The van der Waals surface area contributed by atoms with Gasteiger partial charge in [0.25, 0.3) is 0 Å². The van der Waals surface area contributed by atoms with Gasteiger partial charge in [-0.25, -0.2) is 0 Å². The van der Waals surface area contributed by atoms with Crippen LogP contribution in [0.5, 0.6) is 0 Å². The van der Waals surface area contributed by atoms with E-state index in [1.54, 1.807) is 0 Å². The molecule has 142 valence electrons. The molecule has 0 aromatic rings. The van der Waals surface area contributed by atoms with Crippen LogP contribution in [-0.4, -0.2) is 117 Å². The third-order valence-corrected chi connectivity index (χ3v) is 4.22. The Morgan fingerprint density at radius 1 is 0.750 bits per heavy atom. The summed E-state index contributed by atoms with van der Waals surface area (Å²) in [6.45, 7) is -1.19. The van der Waals surface area contributed by atoms with Crippen LogP contribution < -0.4 is 0 Å². The van der Waals surface area contributed by atoms with E-state index in [9.17, 15) is 30.6 Å². The summed E-state index contributed by atoms with van der Waals surface area (Å²) < 4.78 is 20.4. The summed E-state index contributed by atoms with van der Waals surface area (Å²) in [5.41, 5.74) is 0. The lowest BCUT2D eigenvalue weighted by Crippen LogP contribution is -2.64. The number of ether oxygens (including phenoxy) is 4. The molecule has 0 aliphatic carbocycles. The predicted molar refractivity (Wildman–Crippen MR) is 73.4 cm³/mol. The van der Waals surface area contributed by atoms with Crippen molar-refractivity contribution in [2.24, 2.45) is 0 Å². The molecule has 0 saturated carbocycles. The van der Waals surface area contributed by atoms with Crippen LogP contribution in [0.25, 0.3) is 0 Å². The van der Waals surface area contributed by atoms with Gasteiger partial charge in [0.2, 0.25) is 0 Å². The molecular weight excluding hydrogens is 332 g/mol. The summed E-state index contributed by atoms with van der Waals surface area (Å²) in [6.07, 6.45) is -14.3. The van der Waals surface area contributed by atoms with Gasteiger partial charge in [-0.2, -0.15) is 0 Å². The highest BCUT2D eigenvalue weighted by molar-refractivity contribution is 4.94. The fourth-order valence-corrected chi connectivity index (χ4v) is 2.84. The van der Waals surface area contributed by atoms with Crippen molar-refractivity contribution in [3.8, 4) is 0 Å². The summed E-state index contributed by atoms with van der Waals surface area (Å²) in [6, 6.07) is 0. The van der Waals surface area contributed by atoms with Crippen LogP contribution in [0.3, 0.4) is 0 Å². The number of aliphatic hydroxyl groups excluding tert-OH is 7. The van der Waals surface area contributed by atoms with Crippen molar-refractivity contribution in [1.29, 1.82) is 0 Å². The minimum absolute atomic E-state index is 0.539. The van der Waals surface area contributed by atoms with Crippen molar-refractivity contribution in [3.05, 3.63) is 0 Å². The molecular formula is C13H24O11. The largest absolute Gasteiger partial charge is 0.394 e. The van der Waals surface area contributed by atoms with Gasteiger partial charge in [-0.15, -0.1) is 0 Å². The Bertz CT molecular complexity index is 394. The average Bonchev–Trinajstić information content (AvgIpc) is 2.58. The number of hydrogen-bond acceptors (Lipinski definition) is 11. The van der Waals surface area contributed by atoms with Gasteiger partial charge >= 0.3 is 0 Å². The van der Waals surface area contributed by atoms with Gasteiger partial charge in [-0.3, -0.25) is 0 Å². The van der Waals surface area contributed by atoms with E-state index in [4.69, 9.17) is 24.1 Å². The fourth-order valence-electron chi connectivity index (χ4n) is 2.84. The van der Waals surface area contributed by atoms with E-state index < -0.39 is 74.6 Å². The standard InChI is InChI=1S/C13H24O11/c1-21-10-5(3-15)23-13(8(18)7(10)17)24-11-6(16)4(2-14)22-12(20)9(11)19/h4-20H,2-3H2,1H3/t4-,5?,6+,7+,8?,9?,10+,11?,12+,13+/m0/s1. The molecule has 0 amide bonds. The molecule has 0 spiro atoms. The first-order chi connectivity index (χ1) is 11.3. The molecule has 11 nitrogen and oxygen atoms in total. The molecule has 2 saturated heterocycles. The van der Waals surface area contributed by atoms with Crippen LogP contribution in [0.2, 0.25) is 0 Å². The highest BCUT2D eigenvalue weighted by Gasteiger charge is 2.50. The molecule has 2 aliphatic rings. The van der Waals surface area contributed by atoms with Gasteiger partial charge in [0.1, 0.15) is 48.8 Å². The molecule has 4 unspecified atom stereocenters. The monoisotopic (exact) mass is 356 g/mol. The number of rotatable bonds is 5. The zero-order chi connectivity index (χ0) is 18.0. The van der Waals surface area contributed by atoms with E-state index in [1.807, 2.05) is 0 Å². The molecule has 2 aliphatic heterocycles. The molecule has 0 bridgehead atoms. The Morgan fingerprint density at radius 2 is 1.38 bits per heavy atom. The topological polar surface area (TPSA) is 179 Å². The average molecular weight is 356 g/mol. The van der Waals surface area contributed by atoms with Crippen LogP contribution in [-0.2, 0) is 18.9 Å². The van der Waals surface area contributed by atoms with Gasteiger partial charge < -0.3 is 54.7 Å². The predicted octanol–water partition coefficient (Wildman–Crippen LogP) is -4.74. The Labute approximate surface area is 137 Å². The second-order valence-corrected chi connectivity index (χ2v) is 5.74. The summed E-state index contributed by atoms with van der Waals surface area (Å²) >= 11 is 0. The number of aliphatic hydroxyl groups is 7. The normalized spacial score (nSPS) is 50.0. The van der Waals surface area contributed by atoms with Gasteiger partial charge in [-0.05, 0) is 0 Å². The van der Waals surface area contributed by atoms with Crippen molar-refractivity contribution in [2.45, 2.75) is 61.4 Å². The molecule has 0 aromatic carbocycles. The quantitative estimate of drug-likeness (QED) is 0.251. The molecule has 24 heavy (non-hydrogen) atoms. The Kier molecular flexibility index (Phi) is 6.87. The maximum absolute atomic E-state index is 10.1. The van der Waals surface area contributed by atoms with Crippen LogP contribution in [0.15, 0.2) is 0 Å². The first-order valence-electron chi connectivity index (χ1n) is 7.46. The number of hydrogen-bond donors (Lipinski definition) is 7. The van der Waals surface area contributed by atoms with E-state index >= 15 is 0 Å². The maximum Gasteiger partial charge on any atom is 0.187 e. The maximum atomic E-state index is 10.1. The molecule has 2 rings (SSSR count). The van der Waals surface area contributed by atoms with Crippen LogP contribution in [0.1, 0.15) is 0 Å². The van der Waals surface area contributed by atoms with Gasteiger partial charge in [0.05, 0.1) is 13.2 Å². The first-order valence-corrected chi connectivity index (χ1v) is 7.46. The zero-order valence-electron chi connectivity index (χ0n) is 13.0. The Morgan fingerprint density at radius 3 is 1.92 bits per heavy atom. The highest BCUT2D eigenvalue weighted by Crippen LogP contribution is 2.29. The van der Waals surface area contributed by atoms with Gasteiger partial charge in [-0.1, -0.05) is 0 Å². The smallest absolute Gasteiger partial charge is 0.187 e. The SMILES string of the molecule is CO[C@@H]1C(CO)O[C@H](OC2C(O)[C@H](O)O[C@@H](CO)[C@H]2O)C(O)[C@H]1O. The van der Waals surface area contributed by atoms with E-state index in [0.717, 1.165) is 0 Å². The molecule has 7 N–H and O–H groups in total. The third kappa shape index (κ3) is 3.71. The molecule has 0 aromatic heterocycles. The third-order valence-electron chi connectivity index (χ3n) is 4.22. The summed E-state index contributed by atoms with van der Waals surface area (Å²) in [5.74, 6) is 0. The van der Waals surface area contributed by atoms with E-state index in [-0.39, 0.29) is 0 Å². The minimum Gasteiger partial charge on any atom is -0.394 e. The molecule has 11 heteroatoms. The Hall–Kier alpha value is -0.440. The summed E-state index contributed by atoms with van der Waals surface area (Å²) in [7, 11) is 1.27. The van der Waals surface area contributed by atoms with E-state index in [1.165, 1.54) is 7.11 Å². The van der Waals surface area contributed by atoms with Crippen molar-refractivity contribution >= 4 is 0 Å². The minimum atomic E-state index is -1.73. The van der Waals surface area contributed by atoms with Crippen molar-refractivity contribution in [2.75, 3.05) is 20.3 Å². The molecule has 2 fully saturated rings. The van der Waals surface area contributed by atoms with Crippen LogP contribution in [0.4, 0.5) is 0 Å². The molecule has 10 atom stereocenters. The molecule has 2 heterocycles. The lowest BCUT2D eigenvalue weighted by Gasteiger charge is -2.45. The Balaban J connectivity index is 2.12. The van der Waals surface area contributed by atoms with Crippen molar-refractivity contribution in [3.63, 3.8) is 0 Å². The highest BCUT2D eigenvalue weighted by atomic mass is 16.7. The number of methoxy groups -OCH3 is 1. The lowest BCUT2D eigenvalue weighted by atomic mass is 9.97. The van der Waals surface area contributed by atoms with E-state index in [2.05, 4.69) is 0 Å². The van der Waals surface area contributed by atoms with Crippen LogP contribution in [0, 0.1) is 0 Å². The van der Waals surface area contributed by atoms with Gasteiger partial charge in [0.15, 0.2) is 12.6 Å². The van der Waals surface area contributed by atoms with Crippen molar-refractivity contribution in [1.82, 2.24) is 0 Å². The summed E-state index contributed by atoms with van der Waals surface area (Å²) in [5, 5.41) is 68.1. The van der Waals surface area contributed by atoms with Gasteiger partial charge in [0, 0.05) is 7.11 Å². The second-order valence-electron chi connectivity index (χ2n) is 5.74.